The van der Waals surface area contributed by atoms with E-state index in [1.165, 1.54) is 0 Å². The van der Waals surface area contributed by atoms with Crippen LogP contribution in [0.5, 0.6) is 0 Å². The Morgan fingerprint density at radius 2 is 2.14 bits per heavy atom. The van der Waals surface area contributed by atoms with Crippen LogP contribution in [0.25, 0.3) is 16.5 Å². The van der Waals surface area contributed by atoms with Crippen molar-refractivity contribution in [3.8, 4) is 0 Å². The van der Waals surface area contributed by atoms with Crippen LogP contribution < -0.4 is 5.73 Å². The monoisotopic (exact) mass is 317 g/mol. The van der Waals surface area contributed by atoms with Gasteiger partial charge in [0.05, 0.1) is 30.1 Å². The topological polar surface area (TPSA) is 53.1 Å². The van der Waals surface area contributed by atoms with Crippen molar-refractivity contribution >= 4 is 28.1 Å². The van der Waals surface area contributed by atoms with Crippen molar-refractivity contribution in [3.05, 3.63) is 58.9 Å². The number of ether oxygens (including phenoxy) is 1. The van der Waals surface area contributed by atoms with E-state index in [1.54, 1.807) is 13.3 Å². The van der Waals surface area contributed by atoms with Gasteiger partial charge < -0.3 is 15.0 Å². The van der Waals surface area contributed by atoms with Crippen molar-refractivity contribution in [2.45, 2.75) is 13.8 Å². The molecule has 0 atom stereocenters. The first-order valence-corrected chi connectivity index (χ1v) is 7.33. The molecule has 0 saturated carbocycles. The number of allylic oxidation sites excluding steroid dienone is 5. The molecule has 0 aromatic carbocycles. The summed E-state index contributed by atoms with van der Waals surface area (Å²) in [5.41, 5.74) is 9.94. The lowest BCUT2D eigenvalue weighted by Crippen LogP contribution is -2.06. The fraction of sp³-hybridized carbons (Fsp3) is 0.235. The number of hydrogen-bond acceptors (Lipinski definition) is 3. The molecular formula is C17H20ClN3O. The van der Waals surface area contributed by atoms with Crippen LogP contribution in [0.4, 0.5) is 0 Å². The highest BCUT2D eigenvalue weighted by Crippen LogP contribution is 2.32. The van der Waals surface area contributed by atoms with E-state index in [-0.39, 0.29) is 0 Å². The summed E-state index contributed by atoms with van der Waals surface area (Å²) in [5.74, 6) is 0.369. The van der Waals surface area contributed by atoms with Crippen LogP contribution in [-0.4, -0.2) is 16.7 Å². The SMILES string of the molecule is C/C=C/C=C\C(=C(/N)OC)c1c(C)c2cc(Cl)ncc2n1C. The Morgan fingerprint density at radius 1 is 1.41 bits per heavy atom. The van der Waals surface area contributed by atoms with Gasteiger partial charge in [0.1, 0.15) is 5.15 Å². The lowest BCUT2D eigenvalue weighted by molar-refractivity contribution is 0.290. The van der Waals surface area contributed by atoms with Crippen molar-refractivity contribution < 1.29 is 4.74 Å². The number of aromatic nitrogens is 2. The van der Waals surface area contributed by atoms with E-state index >= 15 is 0 Å². The van der Waals surface area contributed by atoms with Crippen LogP contribution in [0.2, 0.25) is 5.15 Å². The van der Waals surface area contributed by atoms with Gasteiger partial charge in [0.25, 0.3) is 0 Å². The molecule has 0 aliphatic carbocycles. The average Bonchev–Trinajstić information content (AvgIpc) is 2.75. The standard InChI is InChI=1S/C17H20ClN3O/c1-5-6-7-8-12(17(19)22-4)16-11(2)13-9-15(18)20-10-14(13)21(16)3/h5-10H,19H2,1-4H3/b6-5+,8-7-,17-12-. The number of pyridine rings is 1. The third-order valence-electron chi connectivity index (χ3n) is 3.61. The Kier molecular flexibility index (Phi) is 4.93. The summed E-state index contributed by atoms with van der Waals surface area (Å²) in [6, 6.07) is 1.87. The van der Waals surface area contributed by atoms with Gasteiger partial charge in [0, 0.05) is 12.4 Å². The third-order valence-corrected chi connectivity index (χ3v) is 3.82. The quantitative estimate of drug-likeness (QED) is 0.528. The minimum absolute atomic E-state index is 0.369. The predicted octanol–water partition coefficient (Wildman–Crippen LogP) is 3.94. The van der Waals surface area contributed by atoms with E-state index in [2.05, 4.69) is 9.55 Å². The third kappa shape index (κ3) is 2.88. The lowest BCUT2D eigenvalue weighted by Gasteiger charge is -2.10. The first-order valence-electron chi connectivity index (χ1n) is 6.95. The Morgan fingerprint density at radius 3 is 2.77 bits per heavy atom. The van der Waals surface area contributed by atoms with E-state index in [0.717, 1.165) is 27.7 Å². The summed E-state index contributed by atoms with van der Waals surface area (Å²) in [6.45, 7) is 4.00. The molecule has 2 heterocycles. The van der Waals surface area contributed by atoms with Gasteiger partial charge in [-0.05, 0) is 31.6 Å². The molecule has 0 spiro atoms. The van der Waals surface area contributed by atoms with E-state index in [4.69, 9.17) is 22.1 Å². The number of halogens is 1. The largest absolute Gasteiger partial charge is 0.482 e. The smallest absolute Gasteiger partial charge is 0.193 e. The second-order valence-corrected chi connectivity index (χ2v) is 5.31. The van der Waals surface area contributed by atoms with Gasteiger partial charge in [-0.2, -0.15) is 0 Å². The van der Waals surface area contributed by atoms with Gasteiger partial charge in [-0.15, -0.1) is 0 Å². The highest BCUT2D eigenvalue weighted by molar-refractivity contribution is 6.30. The van der Waals surface area contributed by atoms with E-state index in [1.807, 2.05) is 51.3 Å². The minimum atomic E-state index is 0.369. The minimum Gasteiger partial charge on any atom is -0.482 e. The molecule has 0 saturated heterocycles. The molecule has 0 bridgehead atoms. The Balaban J connectivity index is 2.75. The molecule has 2 N–H and O–H groups in total. The maximum absolute atomic E-state index is 6.05. The second-order valence-electron chi connectivity index (χ2n) is 4.92. The number of rotatable bonds is 4. The number of methoxy groups -OCH3 is 1. The molecule has 116 valence electrons. The number of nitrogens with zero attached hydrogens (tertiary/aromatic N) is 2. The van der Waals surface area contributed by atoms with Crippen molar-refractivity contribution in [2.75, 3.05) is 7.11 Å². The van der Waals surface area contributed by atoms with Crippen molar-refractivity contribution in [3.63, 3.8) is 0 Å². The van der Waals surface area contributed by atoms with Crippen LogP contribution >= 0.6 is 11.6 Å². The normalized spacial score (nSPS) is 13.3. The number of nitrogens with two attached hydrogens (primary N) is 1. The number of fused-ring (bicyclic) bond motifs is 1. The van der Waals surface area contributed by atoms with Crippen molar-refractivity contribution in [2.24, 2.45) is 12.8 Å². The van der Waals surface area contributed by atoms with Gasteiger partial charge in [-0.25, -0.2) is 4.98 Å². The average molecular weight is 318 g/mol. The maximum Gasteiger partial charge on any atom is 0.193 e. The summed E-state index contributed by atoms with van der Waals surface area (Å²) in [7, 11) is 3.54. The summed E-state index contributed by atoms with van der Waals surface area (Å²) in [4.78, 5) is 4.16. The molecule has 0 aliphatic heterocycles. The van der Waals surface area contributed by atoms with Gasteiger partial charge >= 0.3 is 0 Å². The molecule has 0 aliphatic rings. The molecule has 2 aromatic rings. The molecule has 22 heavy (non-hydrogen) atoms. The fourth-order valence-corrected chi connectivity index (χ4v) is 2.68. The van der Waals surface area contributed by atoms with Crippen LogP contribution in [0, 0.1) is 6.92 Å². The fourth-order valence-electron chi connectivity index (χ4n) is 2.52. The lowest BCUT2D eigenvalue weighted by atomic mass is 10.1. The number of hydrogen-bond donors (Lipinski definition) is 1. The Hall–Kier alpha value is -2.20. The predicted molar refractivity (Wildman–Crippen MR) is 92.5 cm³/mol. The first kappa shape index (κ1) is 16.2. The molecule has 0 unspecified atom stereocenters. The highest BCUT2D eigenvalue weighted by atomic mass is 35.5. The molecule has 2 rings (SSSR count). The molecule has 5 heteroatoms. The van der Waals surface area contributed by atoms with Crippen LogP contribution in [0.1, 0.15) is 18.2 Å². The van der Waals surface area contributed by atoms with Gasteiger partial charge in [0.15, 0.2) is 5.88 Å². The van der Waals surface area contributed by atoms with E-state index in [9.17, 15) is 0 Å². The molecule has 0 radical (unpaired) electrons. The van der Waals surface area contributed by atoms with Gasteiger partial charge in [-0.1, -0.05) is 29.8 Å². The Bertz CT molecular complexity index is 785. The molecule has 0 amide bonds. The molecule has 0 fully saturated rings. The zero-order valence-corrected chi connectivity index (χ0v) is 14.0. The van der Waals surface area contributed by atoms with Crippen LogP contribution in [0.3, 0.4) is 0 Å². The van der Waals surface area contributed by atoms with E-state index in [0.29, 0.717) is 11.0 Å². The molecular weight excluding hydrogens is 298 g/mol. The second kappa shape index (κ2) is 6.71. The van der Waals surface area contributed by atoms with Gasteiger partial charge in [-0.3, -0.25) is 0 Å². The van der Waals surface area contributed by atoms with Crippen LogP contribution in [-0.2, 0) is 11.8 Å². The highest BCUT2D eigenvalue weighted by Gasteiger charge is 2.17. The summed E-state index contributed by atoms with van der Waals surface area (Å²) < 4.78 is 7.30. The summed E-state index contributed by atoms with van der Waals surface area (Å²) in [5, 5.41) is 1.53. The van der Waals surface area contributed by atoms with Crippen molar-refractivity contribution in [1.29, 1.82) is 0 Å². The molecule has 2 aromatic heterocycles. The van der Waals surface area contributed by atoms with E-state index < -0.39 is 0 Å². The molecule has 4 nitrogen and oxygen atoms in total. The van der Waals surface area contributed by atoms with Crippen LogP contribution in [0.15, 0.2) is 42.5 Å². The zero-order chi connectivity index (χ0) is 16.3. The number of aryl methyl sites for hydroxylation is 2. The first-order chi connectivity index (χ1) is 10.5. The van der Waals surface area contributed by atoms with Crippen molar-refractivity contribution in [1.82, 2.24) is 9.55 Å². The van der Waals surface area contributed by atoms with Gasteiger partial charge in [0.2, 0.25) is 0 Å². The maximum atomic E-state index is 6.05. The Labute approximate surface area is 135 Å². The zero-order valence-electron chi connectivity index (χ0n) is 13.2. The summed E-state index contributed by atoms with van der Waals surface area (Å²) in [6.07, 6.45) is 9.54. The summed E-state index contributed by atoms with van der Waals surface area (Å²) >= 11 is 6.02.